The largest absolute Gasteiger partial charge is 0.497 e. The van der Waals surface area contributed by atoms with Crippen molar-refractivity contribution >= 4 is 22.5 Å². The molecule has 1 saturated carbocycles. The molecule has 2 heterocycles. The molecule has 0 radical (unpaired) electrons. The van der Waals surface area contributed by atoms with Gasteiger partial charge in [0.05, 0.1) is 7.11 Å². The van der Waals surface area contributed by atoms with Gasteiger partial charge in [-0.3, -0.25) is 0 Å². The number of benzene rings is 5. The summed E-state index contributed by atoms with van der Waals surface area (Å²) in [7, 11) is 1.76. The highest BCUT2D eigenvalue weighted by Crippen LogP contribution is 2.67. The second-order valence-corrected chi connectivity index (χ2v) is 17.0. The van der Waals surface area contributed by atoms with Gasteiger partial charge in [-0.1, -0.05) is 101 Å². The van der Waals surface area contributed by atoms with Crippen molar-refractivity contribution in [2.24, 2.45) is 10.8 Å². The second-order valence-electron chi connectivity index (χ2n) is 17.0. The number of rotatable bonds is 4. The molecule has 1 unspecified atom stereocenters. The van der Waals surface area contributed by atoms with Crippen LogP contribution in [0.15, 0.2) is 103 Å². The van der Waals surface area contributed by atoms with Gasteiger partial charge in [-0.2, -0.15) is 0 Å². The molecule has 5 aromatic carbocycles. The Morgan fingerprint density at radius 2 is 1.36 bits per heavy atom. The summed E-state index contributed by atoms with van der Waals surface area (Å²) in [5.41, 5.74) is 9.91. The van der Waals surface area contributed by atoms with Crippen LogP contribution in [-0.4, -0.2) is 20.2 Å². The summed E-state index contributed by atoms with van der Waals surface area (Å²) in [6.45, 7) is 12.2. The molecule has 5 aromatic rings. The van der Waals surface area contributed by atoms with E-state index in [2.05, 4.69) is 142 Å². The van der Waals surface area contributed by atoms with E-state index < -0.39 is 5.60 Å². The number of hydrogen-bond acceptors (Lipinski definition) is 3. The standard InChI is InChI=1S/C47H49NO2/c1-44(2)29-45(3,4)31-46(30-44)40-17-11-10-16-37(40)41-36-23-22-35(49-5)28-39(36)43-38(42(41)46)24-25-47(50-43,32-14-8-6-9-15-32)33-18-20-34(21-19-33)48-26-12-7-13-27-48/h6,8-11,14-25,28H,7,12-13,26-27,29-31H2,1-5H3. The van der Waals surface area contributed by atoms with Crippen LogP contribution in [0, 0.1) is 10.8 Å². The molecule has 0 aromatic heterocycles. The van der Waals surface area contributed by atoms with Crippen LogP contribution >= 0.6 is 0 Å². The minimum Gasteiger partial charge on any atom is -0.497 e. The third kappa shape index (κ3) is 4.76. The summed E-state index contributed by atoms with van der Waals surface area (Å²) in [6.07, 6.45) is 12.1. The Hall–Kier alpha value is -4.50. The van der Waals surface area contributed by atoms with Crippen LogP contribution in [0.4, 0.5) is 5.69 Å². The van der Waals surface area contributed by atoms with Gasteiger partial charge >= 0.3 is 0 Å². The van der Waals surface area contributed by atoms with Crippen LogP contribution < -0.4 is 14.4 Å². The third-order valence-electron chi connectivity index (χ3n) is 12.2. The molecule has 0 bridgehead atoms. The fourth-order valence-electron chi connectivity index (χ4n) is 11.0. The normalized spacial score (nSPS) is 22.5. The van der Waals surface area contributed by atoms with Crippen molar-refractivity contribution in [2.75, 3.05) is 25.1 Å². The third-order valence-corrected chi connectivity index (χ3v) is 12.2. The number of methoxy groups -OCH3 is 1. The smallest absolute Gasteiger partial charge is 0.178 e. The zero-order chi connectivity index (χ0) is 34.3. The molecule has 4 aliphatic rings. The molecule has 2 aliphatic heterocycles. The monoisotopic (exact) mass is 659 g/mol. The van der Waals surface area contributed by atoms with Gasteiger partial charge < -0.3 is 14.4 Å². The van der Waals surface area contributed by atoms with E-state index in [1.54, 1.807) is 7.11 Å². The number of ether oxygens (including phenoxy) is 2. The molecule has 0 amide bonds. The maximum atomic E-state index is 7.70. The summed E-state index contributed by atoms with van der Waals surface area (Å²) in [6, 6.07) is 35.8. The SMILES string of the molecule is COc1ccc2c3c(c4c(c2c1)OC(c1ccccc1)(c1ccc(N2CCCCC2)cc1)C=C4)C1(CC(C)(C)CC(C)(C)C1)c1ccccc1-3. The number of fused-ring (bicyclic) bond motifs is 10. The van der Waals surface area contributed by atoms with Crippen LogP contribution in [0.25, 0.3) is 28.0 Å². The first-order valence-electron chi connectivity index (χ1n) is 18.7. The van der Waals surface area contributed by atoms with Crippen molar-refractivity contribution in [3.63, 3.8) is 0 Å². The first kappa shape index (κ1) is 31.5. The second kappa shape index (κ2) is 11.3. The summed E-state index contributed by atoms with van der Waals surface area (Å²) < 4.78 is 13.6. The Morgan fingerprint density at radius 1 is 0.680 bits per heavy atom. The zero-order valence-corrected chi connectivity index (χ0v) is 30.3. The summed E-state index contributed by atoms with van der Waals surface area (Å²) in [5, 5.41) is 2.34. The van der Waals surface area contributed by atoms with E-state index in [0.29, 0.717) is 0 Å². The maximum absolute atomic E-state index is 7.70. The van der Waals surface area contributed by atoms with E-state index in [9.17, 15) is 0 Å². The van der Waals surface area contributed by atoms with Crippen LogP contribution in [0.5, 0.6) is 11.5 Å². The van der Waals surface area contributed by atoms with Gasteiger partial charge in [0.2, 0.25) is 0 Å². The Labute approximate surface area is 297 Å². The first-order valence-corrected chi connectivity index (χ1v) is 18.7. The van der Waals surface area contributed by atoms with Crippen molar-refractivity contribution < 1.29 is 9.47 Å². The molecule has 1 spiro atoms. The fraction of sp³-hybridized carbons (Fsp3) is 0.362. The molecule has 3 heteroatoms. The van der Waals surface area contributed by atoms with Gasteiger partial charge in [0, 0.05) is 46.3 Å². The van der Waals surface area contributed by atoms with Crippen LogP contribution in [0.1, 0.15) is 94.0 Å². The number of piperidine rings is 1. The summed E-state index contributed by atoms with van der Waals surface area (Å²) >= 11 is 0. The Kier molecular flexibility index (Phi) is 7.09. The Balaban J connectivity index is 1.31. The van der Waals surface area contributed by atoms with E-state index in [4.69, 9.17) is 9.47 Å². The lowest BCUT2D eigenvalue weighted by Gasteiger charge is -2.52. The highest BCUT2D eigenvalue weighted by molar-refractivity contribution is 6.09. The topological polar surface area (TPSA) is 21.7 Å². The lowest BCUT2D eigenvalue weighted by molar-refractivity contribution is 0.0642. The molecule has 50 heavy (non-hydrogen) atoms. The van der Waals surface area contributed by atoms with Gasteiger partial charge in [-0.15, -0.1) is 0 Å². The number of anilines is 1. The summed E-state index contributed by atoms with van der Waals surface area (Å²) in [5.74, 6) is 1.80. The van der Waals surface area contributed by atoms with E-state index in [0.717, 1.165) is 53.9 Å². The molecule has 3 nitrogen and oxygen atoms in total. The molecule has 0 N–H and O–H groups in total. The lowest BCUT2D eigenvalue weighted by Crippen LogP contribution is -2.44. The van der Waals surface area contributed by atoms with Gasteiger partial charge in [0.1, 0.15) is 11.5 Å². The van der Waals surface area contributed by atoms with Gasteiger partial charge in [0.15, 0.2) is 5.60 Å². The highest BCUT2D eigenvalue weighted by atomic mass is 16.5. The molecule has 254 valence electrons. The predicted molar refractivity (Wildman–Crippen MR) is 208 cm³/mol. The Bertz CT molecular complexity index is 2120. The average molecular weight is 660 g/mol. The van der Waals surface area contributed by atoms with Crippen molar-refractivity contribution in [3.05, 3.63) is 131 Å². The van der Waals surface area contributed by atoms with Gasteiger partial charge in [-0.05, 0) is 113 Å². The summed E-state index contributed by atoms with van der Waals surface area (Å²) in [4.78, 5) is 2.53. The van der Waals surface area contributed by atoms with E-state index in [-0.39, 0.29) is 16.2 Å². The molecule has 2 fully saturated rings. The molecule has 9 rings (SSSR count). The van der Waals surface area contributed by atoms with E-state index >= 15 is 0 Å². The van der Waals surface area contributed by atoms with Crippen molar-refractivity contribution in [2.45, 2.75) is 77.2 Å². The number of hydrogen-bond donors (Lipinski definition) is 0. The predicted octanol–water partition coefficient (Wildman–Crippen LogP) is 11.7. The quantitative estimate of drug-likeness (QED) is 0.192. The van der Waals surface area contributed by atoms with Crippen molar-refractivity contribution in [1.82, 2.24) is 0 Å². The van der Waals surface area contributed by atoms with Gasteiger partial charge in [-0.25, -0.2) is 0 Å². The lowest BCUT2D eigenvalue weighted by atomic mass is 9.52. The van der Waals surface area contributed by atoms with Crippen molar-refractivity contribution in [3.8, 4) is 22.6 Å². The molecular formula is C47H49NO2. The first-order chi connectivity index (χ1) is 24.1. The van der Waals surface area contributed by atoms with E-state index in [1.165, 1.54) is 64.6 Å². The zero-order valence-electron chi connectivity index (χ0n) is 30.3. The molecular weight excluding hydrogens is 611 g/mol. The van der Waals surface area contributed by atoms with Crippen LogP contribution in [-0.2, 0) is 11.0 Å². The van der Waals surface area contributed by atoms with Crippen LogP contribution in [0.3, 0.4) is 0 Å². The molecule has 1 saturated heterocycles. The minimum atomic E-state index is -0.789. The average Bonchev–Trinajstić information content (AvgIpc) is 3.39. The maximum Gasteiger partial charge on any atom is 0.178 e. The van der Waals surface area contributed by atoms with Crippen LogP contribution in [0.2, 0.25) is 0 Å². The number of nitrogens with zero attached hydrogens (tertiary/aromatic N) is 1. The molecule has 1 atom stereocenters. The van der Waals surface area contributed by atoms with Gasteiger partial charge in [0.25, 0.3) is 0 Å². The van der Waals surface area contributed by atoms with E-state index in [1.807, 2.05) is 0 Å². The van der Waals surface area contributed by atoms with Crippen molar-refractivity contribution in [1.29, 1.82) is 0 Å². The fourth-order valence-corrected chi connectivity index (χ4v) is 11.0. The minimum absolute atomic E-state index is 0.119. The Morgan fingerprint density at radius 3 is 2.08 bits per heavy atom. The molecule has 2 aliphatic carbocycles. The highest BCUT2D eigenvalue weighted by Gasteiger charge is 2.55.